The summed E-state index contributed by atoms with van der Waals surface area (Å²) >= 11 is 4.88. The van der Waals surface area contributed by atoms with Crippen molar-refractivity contribution in [2.45, 2.75) is 0 Å². The van der Waals surface area contributed by atoms with Gasteiger partial charge in [-0.05, 0) is 0 Å². The maximum absolute atomic E-state index is 10.8. The van der Waals surface area contributed by atoms with Crippen LogP contribution < -0.4 is 5.56 Å². The molecule has 2 aromatic rings. The number of H-pyrrole nitrogens is 2. The van der Waals surface area contributed by atoms with E-state index in [9.17, 15) is 4.79 Å². The SMILES string of the molecule is O=c1cnc2c(=S)nc[nH]c2[nH]1. The lowest BCUT2D eigenvalue weighted by atomic mass is 10.5. The molecule has 0 saturated heterocycles. The number of hydrogen-bond acceptors (Lipinski definition) is 4. The summed E-state index contributed by atoms with van der Waals surface area (Å²) in [6, 6.07) is 0. The van der Waals surface area contributed by atoms with Crippen LogP contribution in [0.15, 0.2) is 17.3 Å². The summed E-state index contributed by atoms with van der Waals surface area (Å²) in [4.78, 5) is 23.7. The Labute approximate surface area is 71.5 Å². The molecule has 0 bridgehead atoms. The highest BCUT2D eigenvalue weighted by molar-refractivity contribution is 7.71. The minimum atomic E-state index is -0.264. The Bertz CT molecular complexity index is 529. The average Bonchev–Trinajstić information content (AvgIpc) is 2.04. The zero-order valence-electron chi connectivity index (χ0n) is 5.87. The van der Waals surface area contributed by atoms with Crippen LogP contribution in [0.25, 0.3) is 11.2 Å². The molecule has 0 fully saturated rings. The fourth-order valence-corrected chi connectivity index (χ4v) is 1.09. The van der Waals surface area contributed by atoms with Crippen LogP contribution in [0.1, 0.15) is 0 Å². The molecule has 5 nitrogen and oxygen atoms in total. The van der Waals surface area contributed by atoms with Crippen molar-refractivity contribution in [2.75, 3.05) is 0 Å². The van der Waals surface area contributed by atoms with Crippen LogP contribution in [-0.2, 0) is 0 Å². The van der Waals surface area contributed by atoms with E-state index in [0.717, 1.165) is 0 Å². The van der Waals surface area contributed by atoms with Gasteiger partial charge in [-0.3, -0.25) is 4.79 Å². The van der Waals surface area contributed by atoms with Crippen molar-refractivity contribution in [3.8, 4) is 0 Å². The van der Waals surface area contributed by atoms with Crippen molar-refractivity contribution >= 4 is 23.4 Å². The van der Waals surface area contributed by atoms with Crippen LogP contribution >= 0.6 is 12.2 Å². The van der Waals surface area contributed by atoms with Gasteiger partial charge in [-0.25, -0.2) is 9.97 Å². The molecule has 0 spiro atoms. The van der Waals surface area contributed by atoms with Gasteiger partial charge in [0.15, 0.2) is 4.64 Å². The quantitative estimate of drug-likeness (QED) is 0.574. The van der Waals surface area contributed by atoms with Crippen LogP contribution in [0.2, 0.25) is 0 Å². The predicted octanol–water partition coefficient (Wildman–Crippen LogP) is 0.376. The Hall–Kier alpha value is -1.56. The van der Waals surface area contributed by atoms with E-state index >= 15 is 0 Å². The maximum Gasteiger partial charge on any atom is 0.267 e. The summed E-state index contributed by atoms with van der Waals surface area (Å²) in [5.74, 6) is 0. The summed E-state index contributed by atoms with van der Waals surface area (Å²) in [5.41, 5.74) is 0.744. The molecule has 12 heavy (non-hydrogen) atoms. The molecule has 0 aliphatic heterocycles. The number of fused-ring (bicyclic) bond motifs is 1. The summed E-state index contributed by atoms with van der Waals surface area (Å²) in [5, 5.41) is 0. The third-order valence-electron chi connectivity index (χ3n) is 1.39. The largest absolute Gasteiger partial charge is 0.331 e. The van der Waals surface area contributed by atoms with Crippen LogP contribution in [0.5, 0.6) is 0 Å². The number of aromatic nitrogens is 4. The third kappa shape index (κ3) is 1.02. The van der Waals surface area contributed by atoms with Crippen molar-refractivity contribution in [3.63, 3.8) is 0 Å². The Balaban J connectivity index is 3.06. The molecule has 2 aromatic heterocycles. The van der Waals surface area contributed by atoms with Gasteiger partial charge in [0.2, 0.25) is 0 Å². The van der Waals surface area contributed by atoms with Gasteiger partial charge in [0.05, 0.1) is 12.5 Å². The van der Waals surface area contributed by atoms with Crippen molar-refractivity contribution in [1.82, 2.24) is 19.9 Å². The van der Waals surface area contributed by atoms with E-state index in [1.165, 1.54) is 12.5 Å². The van der Waals surface area contributed by atoms with Crippen molar-refractivity contribution in [3.05, 3.63) is 27.5 Å². The molecule has 2 heterocycles. The van der Waals surface area contributed by atoms with Gasteiger partial charge >= 0.3 is 0 Å². The van der Waals surface area contributed by atoms with Crippen molar-refractivity contribution in [1.29, 1.82) is 0 Å². The Morgan fingerprint density at radius 3 is 3.08 bits per heavy atom. The lowest BCUT2D eigenvalue weighted by Crippen LogP contribution is -2.06. The highest BCUT2D eigenvalue weighted by Crippen LogP contribution is 2.00. The smallest absolute Gasteiger partial charge is 0.267 e. The highest BCUT2D eigenvalue weighted by Gasteiger charge is 1.96. The van der Waals surface area contributed by atoms with E-state index in [2.05, 4.69) is 19.9 Å². The van der Waals surface area contributed by atoms with E-state index in [4.69, 9.17) is 12.2 Å². The van der Waals surface area contributed by atoms with Gasteiger partial charge < -0.3 is 9.97 Å². The van der Waals surface area contributed by atoms with Gasteiger partial charge in [0, 0.05) is 0 Å². The Morgan fingerprint density at radius 2 is 2.25 bits per heavy atom. The number of hydrogen-bond donors (Lipinski definition) is 2. The molecule has 0 aromatic carbocycles. The molecule has 0 aliphatic carbocycles. The van der Waals surface area contributed by atoms with Gasteiger partial charge in [-0.15, -0.1) is 0 Å². The van der Waals surface area contributed by atoms with Crippen LogP contribution in [0, 0.1) is 4.64 Å². The van der Waals surface area contributed by atoms with Gasteiger partial charge in [0.1, 0.15) is 11.2 Å². The Morgan fingerprint density at radius 1 is 1.42 bits per heavy atom. The standard InChI is InChI=1S/C6H4N4OS/c11-3-1-7-4-5(10-3)8-2-9-6(4)12/h1-2H,(H2,8,9,10,11,12). The van der Waals surface area contributed by atoms with Crippen LogP contribution in [0.3, 0.4) is 0 Å². The maximum atomic E-state index is 10.8. The van der Waals surface area contributed by atoms with Crippen molar-refractivity contribution < 1.29 is 0 Å². The molecule has 0 amide bonds. The van der Waals surface area contributed by atoms with E-state index < -0.39 is 0 Å². The highest BCUT2D eigenvalue weighted by atomic mass is 32.1. The zero-order chi connectivity index (χ0) is 8.55. The molecule has 60 valence electrons. The number of aromatic amines is 2. The summed E-state index contributed by atoms with van der Waals surface area (Å²) < 4.78 is 0.375. The van der Waals surface area contributed by atoms with Crippen molar-refractivity contribution in [2.24, 2.45) is 0 Å². The molecule has 6 heteroatoms. The first kappa shape index (κ1) is 7.11. The minimum absolute atomic E-state index is 0.264. The predicted molar refractivity (Wildman–Crippen MR) is 45.3 cm³/mol. The molecular formula is C6H4N4OS. The number of nitrogens with zero attached hydrogens (tertiary/aromatic N) is 2. The normalized spacial score (nSPS) is 10.3. The molecule has 0 radical (unpaired) electrons. The van der Waals surface area contributed by atoms with Gasteiger partial charge in [0.25, 0.3) is 5.56 Å². The van der Waals surface area contributed by atoms with Crippen LogP contribution in [0.4, 0.5) is 0 Å². The first-order valence-electron chi connectivity index (χ1n) is 3.20. The Kier molecular flexibility index (Phi) is 1.47. The fraction of sp³-hybridized carbons (Fsp3) is 0. The van der Waals surface area contributed by atoms with E-state index in [-0.39, 0.29) is 5.56 Å². The average molecular weight is 180 g/mol. The summed E-state index contributed by atoms with van der Waals surface area (Å²) in [6.07, 6.45) is 2.59. The number of rotatable bonds is 0. The number of nitrogens with one attached hydrogen (secondary N) is 2. The first-order valence-corrected chi connectivity index (χ1v) is 3.61. The second-order valence-electron chi connectivity index (χ2n) is 2.18. The molecule has 0 saturated carbocycles. The minimum Gasteiger partial charge on any atom is -0.331 e. The second kappa shape index (κ2) is 2.49. The lowest BCUT2D eigenvalue weighted by Gasteiger charge is -1.93. The fourth-order valence-electron chi connectivity index (χ4n) is 0.886. The molecule has 2 rings (SSSR count). The second-order valence-corrected chi connectivity index (χ2v) is 2.57. The molecule has 0 aliphatic rings. The lowest BCUT2D eigenvalue weighted by molar-refractivity contribution is 1.11. The van der Waals surface area contributed by atoms with E-state index in [1.807, 2.05) is 0 Å². The molecular weight excluding hydrogens is 176 g/mol. The van der Waals surface area contributed by atoms with Gasteiger partial charge in [-0.1, -0.05) is 12.2 Å². The first-order chi connectivity index (χ1) is 5.77. The zero-order valence-corrected chi connectivity index (χ0v) is 6.68. The molecule has 2 N–H and O–H groups in total. The van der Waals surface area contributed by atoms with Crippen LogP contribution in [-0.4, -0.2) is 19.9 Å². The monoisotopic (exact) mass is 180 g/mol. The summed E-state index contributed by atoms with van der Waals surface area (Å²) in [7, 11) is 0. The third-order valence-corrected chi connectivity index (χ3v) is 1.69. The summed E-state index contributed by atoms with van der Waals surface area (Å²) in [6.45, 7) is 0. The molecule has 0 unspecified atom stereocenters. The topological polar surface area (TPSA) is 74.4 Å². The molecule has 0 atom stereocenters. The van der Waals surface area contributed by atoms with E-state index in [1.54, 1.807) is 0 Å². The van der Waals surface area contributed by atoms with E-state index in [0.29, 0.717) is 15.8 Å². The van der Waals surface area contributed by atoms with Gasteiger partial charge in [-0.2, -0.15) is 0 Å².